The number of aryl methyl sites for hydroxylation is 1. The molecule has 0 aliphatic rings. The maximum Gasteiger partial charge on any atom is 0.411 e. The second kappa shape index (κ2) is 15.1. The van der Waals surface area contributed by atoms with Gasteiger partial charge in [0.15, 0.2) is 0 Å². The van der Waals surface area contributed by atoms with Gasteiger partial charge in [0.25, 0.3) is 0 Å². The fourth-order valence-electron chi connectivity index (χ4n) is 4.30. The summed E-state index contributed by atoms with van der Waals surface area (Å²) in [4.78, 5) is 53.9. The number of carbonyl (C=O) groups is 3. The van der Waals surface area contributed by atoms with E-state index in [9.17, 15) is 14.4 Å². The van der Waals surface area contributed by atoms with Crippen molar-refractivity contribution in [1.29, 1.82) is 0 Å². The number of H-pyrrole nitrogens is 1. The number of nitrogens with one attached hydrogen (secondary N) is 4. The van der Waals surface area contributed by atoms with E-state index in [2.05, 4.69) is 56.1 Å². The summed E-state index contributed by atoms with van der Waals surface area (Å²) in [5.74, 6) is -0.669. The van der Waals surface area contributed by atoms with Crippen LogP contribution in [0.15, 0.2) is 67.3 Å². The number of methoxy groups -OCH3 is 1. The summed E-state index contributed by atoms with van der Waals surface area (Å²) in [6.07, 6.45) is 6.65. The Balaban J connectivity index is 1.37. The van der Waals surface area contributed by atoms with Gasteiger partial charge < -0.3 is 20.4 Å². The van der Waals surface area contributed by atoms with E-state index < -0.39 is 18.0 Å². The average molecular weight is 677 g/mol. The Morgan fingerprint density at radius 1 is 1.09 bits per heavy atom. The number of anilines is 1. The van der Waals surface area contributed by atoms with E-state index in [-0.39, 0.29) is 29.9 Å². The van der Waals surface area contributed by atoms with Crippen LogP contribution in [-0.4, -0.2) is 65.2 Å². The Bertz CT molecular complexity index is 1890. The molecule has 0 spiro atoms. The molecule has 17 heteroatoms. The summed E-state index contributed by atoms with van der Waals surface area (Å²) in [7, 11) is 1.27. The van der Waals surface area contributed by atoms with E-state index in [1.165, 1.54) is 24.2 Å². The lowest BCUT2D eigenvalue weighted by Gasteiger charge is -2.16. The third-order valence-electron chi connectivity index (χ3n) is 6.60. The number of hydrogen-bond acceptors (Lipinski definition) is 10. The van der Waals surface area contributed by atoms with Crippen molar-refractivity contribution in [3.8, 4) is 16.9 Å². The Morgan fingerprint density at radius 2 is 1.89 bits per heavy atom. The lowest BCUT2D eigenvalue weighted by atomic mass is 10.1. The first-order chi connectivity index (χ1) is 22.7. The van der Waals surface area contributed by atoms with Crippen LogP contribution in [0.4, 0.5) is 10.5 Å². The lowest BCUT2D eigenvalue weighted by molar-refractivity contribution is -0.122. The van der Waals surface area contributed by atoms with Crippen LogP contribution in [0, 0.1) is 6.92 Å². The largest absolute Gasteiger partial charge is 0.453 e. The molecule has 5 aromatic rings. The van der Waals surface area contributed by atoms with Gasteiger partial charge in [0, 0.05) is 34.1 Å². The van der Waals surface area contributed by atoms with E-state index in [1.54, 1.807) is 60.9 Å². The van der Waals surface area contributed by atoms with Crippen LogP contribution in [0.1, 0.15) is 35.2 Å². The molecule has 2 aromatic carbocycles. The number of aromatic nitrogens is 8. The number of tetrazole rings is 1. The molecule has 15 nitrogen and oxygen atoms in total. The van der Waals surface area contributed by atoms with Gasteiger partial charge in [-0.1, -0.05) is 35.3 Å². The number of hydrogen-bond donors (Lipinski definition) is 4. The van der Waals surface area contributed by atoms with Gasteiger partial charge in [-0.2, -0.15) is 4.68 Å². The van der Waals surface area contributed by atoms with Crippen molar-refractivity contribution >= 4 is 52.9 Å². The van der Waals surface area contributed by atoms with E-state index in [1.807, 2.05) is 6.92 Å². The van der Waals surface area contributed by atoms with E-state index in [4.69, 9.17) is 23.2 Å². The topological polar surface area (TPSA) is 195 Å². The standard InChI is InChI=1S/C30H27Cl2N11O4/c1-17-13-34-22(14-33-17)15-35-26(45)12-23(29-39-27(28(32)40-29)18-3-7-21(8-4-18)37-30(46)47-2)38-25(44)10-5-19-11-20(31)6-9-24(19)43-16-36-41-42-43/h3-11,13-14,16,23H,12,15H2,1-2H3,(H,35,45)(H,37,46)(H,38,44)(H,39,40). The van der Waals surface area contributed by atoms with E-state index in [0.717, 1.165) is 5.69 Å². The van der Waals surface area contributed by atoms with Crippen LogP contribution in [-0.2, 0) is 20.9 Å². The zero-order chi connectivity index (χ0) is 33.3. The molecule has 3 aromatic heterocycles. The second-order valence-corrected chi connectivity index (χ2v) is 10.8. The first kappa shape index (κ1) is 32.7. The number of amides is 3. The van der Waals surface area contributed by atoms with Crippen LogP contribution < -0.4 is 16.0 Å². The number of aromatic amines is 1. The van der Waals surface area contributed by atoms with Crippen LogP contribution in [0.3, 0.4) is 0 Å². The van der Waals surface area contributed by atoms with Gasteiger partial charge >= 0.3 is 6.09 Å². The molecule has 240 valence electrons. The molecular weight excluding hydrogens is 649 g/mol. The van der Waals surface area contributed by atoms with Gasteiger partial charge in [-0.3, -0.25) is 24.9 Å². The molecule has 0 saturated carbocycles. The number of ether oxygens (including phenoxy) is 1. The summed E-state index contributed by atoms with van der Waals surface area (Å²) in [6.45, 7) is 1.95. The van der Waals surface area contributed by atoms with E-state index in [0.29, 0.717) is 38.9 Å². The van der Waals surface area contributed by atoms with Gasteiger partial charge in [0.2, 0.25) is 11.8 Å². The molecule has 0 saturated heterocycles. The van der Waals surface area contributed by atoms with Gasteiger partial charge in [0.1, 0.15) is 23.0 Å². The first-order valence-corrected chi connectivity index (χ1v) is 14.7. The van der Waals surface area contributed by atoms with Crippen LogP contribution in [0.2, 0.25) is 10.2 Å². The molecule has 1 atom stereocenters. The summed E-state index contributed by atoms with van der Waals surface area (Å²) in [5, 5.41) is 20.0. The quantitative estimate of drug-likeness (QED) is 0.147. The van der Waals surface area contributed by atoms with Gasteiger partial charge in [-0.15, -0.1) is 5.10 Å². The zero-order valence-corrected chi connectivity index (χ0v) is 26.5. The fourth-order valence-corrected chi connectivity index (χ4v) is 4.73. The predicted molar refractivity (Wildman–Crippen MR) is 172 cm³/mol. The maximum atomic E-state index is 13.2. The molecule has 3 heterocycles. The minimum absolute atomic E-state index is 0.136. The number of nitrogens with zero attached hydrogens (tertiary/aromatic N) is 7. The Hall–Kier alpha value is -5.67. The van der Waals surface area contributed by atoms with Crippen molar-refractivity contribution < 1.29 is 19.1 Å². The summed E-state index contributed by atoms with van der Waals surface area (Å²) >= 11 is 12.7. The zero-order valence-electron chi connectivity index (χ0n) is 24.9. The smallest absolute Gasteiger partial charge is 0.411 e. The molecular formula is C30H27Cl2N11O4. The van der Waals surface area contributed by atoms with E-state index >= 15 is 0 Å². The summed E-state index contributed by atoms with van der Waals surface area (Å²) in [6, 6.07) is 10.9. The van der Waals surface area contributed by atoms with Gasteiger partial charge in [-0.25, -0.2) is 9.78 Å². The molecule has 1 unspecified atom stereocenters. The Labute approximate surface area is 277 Å². The minimum atomic E-state index is -0.916. The van der Waals surface area contributed by atoms with Crippen molar-refractivity contribution in [3.63, 3.8) is 0 Å². The SMILES string of the molecule is COC(=O)Nc1ccc(-c2nc(C(CC(=O)NCc3cnc(C)cn3)NC(=O)C=Cc3cc(Cl)ccc3-n3cnnn3)[nH]c2Cl)cc1. The summed E-state index contributed by atoms with van der Waals surface area (Å²) in [5.41, 5.74) is 3.98. The molecule has 3 amide bonds. The van der Waals surface area contributed by atoms with Crippen molar-refractivity contribution in [3.05, 3.63) is 100 Å². The normalized spacial score (nSPS) is 11.7. The third kappa shape index (κ3) is 8.74. The fraction of sp³-hybridized carbons (Fsp3) is 0.167. The number of halogens is 2. The number of benzene rings is 2. The van der Waals surface area contributed by atoms with Crippen LogP contribution in [0.25, 0.3) is 23.0 Å². The van der Waals surface area contributed by atoms with Gasteiger partial charge in [0.05, 0.1) is 49.4 Å². The maximum absolute atomic E-state index is 13.2. The summed E-state index contributed by atoms with van der Waals surface area (Å²) < 4.78 is 6.05. The lowest BCUT2D eigenvalue weighted by Crippen LogP contribution is -2.33. The molecule has 0 radical (unpaired) electrons. The van der Waals surface area contributed by atoms with Crippen molar-refractivity contribution in [2.24, 2.45) is 0 Å². The number of imidazole rings is 1. The van der Waals surface area contributed by atoms with Crippen molar-refractivity contribution in [2.75, 3.05) is 12.4 Å². The molecule has 47 heavy (non-hydrogen) atoms. The molecule has 0 aliphatic carbocycles. The third-order valence-corrected chi connectivity index (χ3v) is 7.11. The monoisotopic (exact) mass is 675 g/mol. The highest BCUT2D eigenvalue weighted by molar-refractivity contribution is 6.32. The highest BCUT2D eigenvalue weighted by Gasteiger charge is 2.23. The highest BCUT2D eigenvalue weighted by atomic mass is 35.5. The Morgan fingerprint density at radius 3 is 2.60 bits per heavy atom. The molecule has 4 N–H and O–H groups in total. The minimum Gasteiger partial charge on any atom is -0.453 e. The number of carbonyl (C=O) groups excluding carboxylic acids is 3. The first-order valence-electron chi connectivity index (χ1n) is 13.9. The molecule has 0 bridgehead atoms. The number of rotatable bonds is 11. The van der Waals surface area contributed by atoms with Crippen LogP contribution in [0.5, 0.6) is 0 Å². The Kier molecular flexibility index (Phi) is 10.5. The average Bonchev–Trinajstić information content (AvgIpc) is 3.74. The molecule has 5 rings (SSSR count). The van der Waals surface area contributed by atoms with Crippen molar-refractivity contribution in [1.82, 2.24) is 50.8 Å². The predicted octanol–water partition coefficient (Wildman–Crippen LogP) is 4.21. The van der Waals surface area contributed by atoms with Crippen molar-refractivity contribution in [2.45, 2.75) is 25.9 Å². The molecule has 0 fully saturated rings. The molecule has 0 aliphatic heterocycles. The van der Waals surface area contributed by atoms with Gasteiger partial charge in [-0.05, 0) is 53.8 Å². The highest BCUT2D eigenvalue weighted by Crippen LogP contribution is 2.29. The van der Waals surface area contributed by atoms with Crippen LogP contribution >= 0.6 is 23.2 Å². The second-order valence-electron chi connectivity index (χ2n) is 9.96.